The first-order valence-corrected chi connectivity index (χ1v) is 11.1. The maximum Gasteiger partial charge on any atom is 0.410 e. The summed E-state index contributed by atoms with van der Waals surface area (Å²) in [4.78, 5) is 63.5. The highest BCUT2D eigenvalue weighted by Crippen LogP contribution is 2.30. The number of rotatable bonds is 6. The molecule has 0 aliphatic carbocycles. The van der Waals surface area contributed by atoms with Gasteiger partial charge >= 0.3 is 6.09 Å². The standard InChI is InChI=1S/C23H27N3O8/c1-23(2,3)34-22(31)25-11-14(12-25)33-9-8-32-13-4-5-15-16(10-13)21(30)26(20(15)29)17-6-7-18(27)24-19(17)28/h4-5,10,14,17H,6-9,11-12H2,1-3H3,(H,24,27,28). The van der Waals surface area contributed by atoms with Crippen molar-refractivity contribution in [3.63, 3.8) is 0 Å². The zero-order valence-corrected chi connectivity index (χ0v) is 19.3. The Hall–Kier alpha value is -3.47. The molecule has 34 heavy (non-hydrogen) atoms. The Labute approximate surface area is 196 Å². The number of hydrogen-bond acceptors (Lipinski definition) is 8. The van der Waals surface area contributed by atoms with Gasteiger partial charge in [0.25, 0.3) is 11.8 Å². The second-order valence-electron chi connectivity index (χ2n) is 9.38. The second-order valence-corrected chi connectivity index (χ2v) is 9.38. The third kappa shape index (κ3) is 4.89. The molecule has 11 nitrogen and oxygen atoms in total. The Balaban J connectivity index is 1.25. The molecule has 0 saturated carbocycles. The fourth-order valence-electron chi connectivity index (χ4n) is 3.93. The van der Waals surface area contributed by atoms with Crippen molar-refractivity contribution in [2.75, 3.05) is 26.3 Å². The average molecular weight is 473 g/mol. The van der Waals surface area contributed by atoms with Crippen molar-refractivity contribution >= 4 is 29.7 Å². The van der Waals surface area contributed by atoms with Gasteiger partial charge in [-0.2, -0.15) is 0 Å². The van der Waals surface area contributed by atoms with Gasteiger partial charge in [-0.15, -0.1) is 0 Å². The Bertz CT molecular complexity index is 1040. The normalized spacial score (nSPS) is 20.7. The molecule has 5 amide bonds. The minimum atomic E-state index is -1.01. The number of benzene rings is 1. The highest BCUT2D eigenvalue weighted by Gasteiger charge is 2.44. The summed E-state index contributed by atoms with van der Waals surface area (Å²) in [5.74, 6) is -1.84. The highest BCUT2D eigenvalue weighted by molar-refractivity contribution is 6.23. The summed E-state index contributed by atoms with van der Waals surface area (Å²) < 4.78 is 16.6. The van der Waals surface area contributed by atoms with Crippen LogP contribution >= 0.6 is 0 Å². The smallest absolute Gasteiger partial charge is 0.410 e. The first-order chi connectivity index (χ1) is 16.0. The second kappa shape index (κ2) is 9.05. The van der Waals surface area contributed by atoms with Gasteiger partial charge in [0, 0.05) is 6.42 Å². The number of imide groups is 2. The van der Waals surface area contributed by atoms with Crippen LogP contribution in [0.15, 0.2) is 18.2 Å². The Morgan fingerprint density at radius 3 is 2.44 bits per heavy atom. The van der Waals surface area contributed by atoms with E-state index in [0.29, 0.717) is 18.8 Å². The summed E-state index contributed by atoms with van der Waals surface area (Å²) in [6, 6.07) is 3.52. The summed E-state index contributed by atoms with van der Waals surface area (Å²) in [5.41, 5.74) is -0.201. The number of carbonyl (C=O) groups is 5. The molecule has 3 aliphatic heterocycles. The van der Waals surface area contributed by atoms with Crippen LogP contribution in [-0.2, 0) is 19.1 Å². The number of nitrogens with zero attached hydrogens (tertiary/aromatic N) is 2. The topological polar surface area (TPSA) is 132 Å². The van der Waals surface area contributed by atoms with E-state index in [4.69, 9.17) is 14.2 Å². The molecule has 1 unspecified atom stereocenters. The van der Waals surface area contributed by atoms with Crippen LogP contribution in [0.25, 0.3) is 0 Å². The van der Waals surface area contributed by atoms with E-state index in [9.17, 15) is 24.0 Å². The van der Waals surface area contributed by atoms with Crippen LogP contribution in [0.1, 0.15) is 54.3 Å². The molecule has 1 N–H and O–H groups in total. The number of ether oxygens (including phenoxy) is 3. The van der Waals surface area contributed by atoms with Gasteiger partial charge < -0.3 is 19.1 Å². The van der Waals surface area contributed by atoms with Gasteiger partial charge in [-0.3, -0.25) is 29.4 Å². The number of hydrogen-bond donors (Lipinski definition) is 1. The number of nitrogens with one attached hydrogen (secondary N) is 1. The predicted molar refractivity (Wildman–Crippen MR) is 116 cm³/mol. The van der Waals surface area contributed by atoms with Crippen molar-refractivity contribution in [3.05, 3.63) is 29.3 Å². The predicted octanol–water partition coefficient (Wildman–Crippen LogP) is 1.10. The van der Waals surface area contributed by atoms with Gasteiger partial charge in [-0.25, -0.2) is 4.79 Å². The number of carbonyl (C=O) groups excluding carboxylic acids is 5. The fraction of sp³-hybridized carbons (Fsp3) is 0.522. The number of likely N-dealkylation sites (tertiary alicyclic amines) is 1. The molecule has 1 aromatic carbocycles. The summed E-state index contributed by atoms with van der Waals surface area (Å²) in [6.07, 6.45) is -0.303. The quantitative estimate of drug-likeness (QED) is 0.480. The largest absolute Gasteiger partial charge is 0.491 e. The van der Waals surface area contributed by atoms with E-state index in [1.165, 1.54) is 12.1 Å². The van der Waals surface area contributed by atoms with E-state index in [-0.39, 0.29) is 49.4 Å². The highest BCUT2D eigenvalue weighted by atomic mass is 16.6. The van der Waals surface area contributed by atoms with E-state index in [1.54, 1.807) is 11.0 Å². The summed E-state index contributed by atoms with van der Waals surface area (Å²) >= 11 is 0. The van der Waals surface area contributed by atoms with Gasteiger partial charge in [-0.1, -0.05) is 0 Å². The van der Waals surface area contributed by atoms with Crippen molar-refractivity contribution in [1.29, 1.82) is 0 Å². The molecule has 3 aliphatic rings. The van der Waals surface area contributed by atoms with Gasteiger partial charge in [0.2, 0.25) is 11.8 Å². The number of fused-ring (bicyclic) bond motifs is 1. The van der Waals surface area contributed by atoms with E-state index >= 15 is 0 Å². The van der Waals surface area contributed by atoms with Crippen LogP contribution in [-0.4, -0.2) is 83.6 Å². The average Bonchev–Trinajstić information content (AvgIpc) is 2.95. The van der Waals surface area contributed by atoms with Gasteiger partial charge in [0.15, 0.2) is 0 Å². The molecule has 0 aromatic heterocycles. The van der Waals surface area contributed by atoms with Crippen molar-refractivity contribution in [2.45, 2.75) is 51.4 Å². The van der Waals surface area contributed by atoms with Gasteiger partial charge in [0.1, 0.15) is 24.0 Å². The lowest BCUT2D eigenvalue weighted by molar-refractivity contribution is -0.136. The molecule has 4 rings (SSSR count). The molecular weight excluding hydrogens is 446 g/mol. The summed E-state index contributed by atoms with van der Waals surface area (Å²) in [5, 5.41) is 2.17. The maximum atomic E-state index is 12.8. The van der Waals surface area contributed by atoms with Crippen LogP contribution in [0, 0.1) is 0 Å². The monoisotopic (exact) mass is 473 g/mol. The van der Waals surface area contributed by atoms with Crippen molar-refractivity contribution in [2.24, 2.45) is 0 Å². The third-order valence-corrected chi connectivity index (χ3v) is 5.62. The minimum absolute atomic E-state index is 0.0642. The van der Waals surface area contributed by atoms with Crippen LogP contribution in [0.3, 0.4) is 0 Å². The van der Waals surface area contributed by atoms with E-state index in [1.807, 2.05) is 20.8 Å². The molecule has 2 fully saturated rings. The molecule has 0 radical (unpaired) electrons. The summed E-state index contributed by atoms with van der Waals surface area (Å²) in [7, 11) is 0. The molecular formula is C23H27N3O8. The van der Waals surface area contributed by atoms with Crippen LogP contribution in [0.5, 0.6) is 5.75 Å². The Kier molecular flexibility index (Phi) is 6.30. The van der Waals surface area contributed by atoms with E-state index < -0.39 is 35.3 Å². The molecule has 3 heterocycles. The van der Waals surface area contributed by atoms with Crippen molar-refractivity contribution in [1.82, 2.24) is 15.1 Å². The lowest BCUT2D eigenvalue weighted by Crippen LogP contribution is -2.56. The molecule has 11 heteroatoms. The van der Waals surface area contributed by atoms with E-state index in [0.717, 1.165) is 4.90 Å². The van der Waals surface area contributed by atoms with E-state index in [2.05, 4.69) is 5.32 Å². The molecule has 0 bridgehead atoms. The zero-order valence-electron chi connectivity index (χ0n) is 19.3. The number of amides is 5. The van der Waals surface area contributed by atoms with Crippen molar-refractivity contribution < 1.29 is 38.2 Å². The zero-order chi connectivity index (χ0) is 24.6. The molecule has 182 valence electrons. The molecule has 1 atom stereocenters. The number of piperidine rings is 1. The van der Waals surface area contributed by atoms with Crippen molar-refractivity contribution in [3.8, 4) is 5.75 Å². The fourth-order valence-corrected chi connectivity index (χ4v) is 3.93. The Morgan fingerprint density at radius 2 is 1.76 bits per heavy atom. The molecule has 0 spiro atoms. The summed E-state index contributed by atoms with van der Waals surface area (Å²) in [6.45, 7) is 6.81. The van der Waals surface area contributed by atoms with Crippen LogP contribution in [0.2, 0.25) is 0 Å². The lowest BCUT2D eigenvalue weighted by atomic mass is 10.0. The van der Waals surface area contributed by atoms with Crippen LogP contribution in [0.4, 0.5) is 4.79 Å². The first-order valence-electron chi connectivity index (χ1n) is 11.1. The lowest BCUT2D eigenvalue weighted by Gasteiger charge is -2.39. The maximum absolute atomic E-state index is 12.8. The molecule has 2 saturated heterocycles. The SMILES string of the molecule is CC(C)(C)OC(=O)N1CC(OCCOc2ccc3c(c2)C(=O)N(C2CCC(=O)NC2=O)C3=O)C1. The minimum Gasteiger partial charge on any atom is -0.491 e. The molecule has 1 aromatic rings. The Morgan fingerprint density at radius 1 is 1.06 bits per heavy atom. The first kappa shape index (κ1) is 23.7. The van der Waals surface area contributed by atoms with Crippen LogP contribution < -0.4 is 10.1 Å². The van der Waals surface area contributed by atoms with Gasteiger partial charge in [-0.05, 0) is 45.4 Å². The van der Waals surface area contributed by atoms with Gasteiger partial charge in [0.05, 0.1) is 36.9 Å². The third-order valence-electron chi connectivity index (χ3n) is 5.62.